The topological polar surface area (TPSA) is 16.4 Å². The minimum Gasteiger partial charge on any atom is -0.455 e. The maximum absolute atomic E-state index is 6.98. The smallest absolute Gasteiger partial charge is 0.143 e. The standard InChI is InChI=1S/C53H35NOS/c1-53(2)46-20-9-7-16-39(46)40-26-24-37(31-47(40)53)54(35-23-22-32-12-3-4-13-33(32)28-35)36-25-27-48-44(30-36)45-29-34-14-5-6-15-38(34)50(51(45)55-48)43-19-11-18-42-41-17-8-10-21-49(41)56-52(42)43/h3-31H,1-2H3. The molecule has 0 fully saturated rings. The highest BCUT2D eigenvalue weighted by Crippen LogP contribution is 2.52. The van der Waals surface area contributed by atoms with E-state index in [2.05, 4.69) is 195 Å². The molecule has 0 saturated heterocycles. The number of fused-ring (bicyclic) bond motifs is 11. The van der Waals surface area contributed by atoms with Crippen LogP contribution in [-0.4, -0.2) is 0 Å². The molecule has 0 aliphatic heterocycles. The molecule has 0 amide bonds. The molecule has 1 aliphatic carbocycles. The molecular formula is C53H35NOS. The largest absolute Gasteiger partial charge is 0.455 e. The summed E-state index contributed by atoms with van der Waals surface area (Å²) in [5, 5.41) is 9.65. The van der Waals surface area contributed by atoms with Crippen molar-refractivity contribution < 1.29 is 4.42 Å². The number of rotatable bonds is 4. The van der Waals surface area contributed by atoms with Gasteiger partial charge in [-0.05, 0) is 98.4 Å². The molecule has 0 N–H and O–H groups in total. The number of hydrogen-bond donors (Lipinski definition) is 0. The number of furan rings is 1. The Morgan fingerprint density at radius 2 is 1.11 bits per heavy atom. The zero-order valence-electron chi connectivity index (χ0n) is 31.0. The van der Waals surface area contributed by atoms with Crippen molar-refractivity contribution in [3.63, 3.8) is 0 Å². The summed E-state index contributed by atoms with van der Waals surface area (Å²) in [6.45, 7) is 4.71. The van der Waals surface area contributed by atoms with E-state index < -0.39 is 0 Å². The minimum atomic E-state index is -0.115. The average Bonchev–Trinajstić information content (AvgIpc) is 3.87. The summed E-state index contributed by atoms with van der Waals surface area (Å²) in [5.41, 5.74) is 12.8. The molecule has 56 heavy (non-hydrogen) atoms. The third-order valence-electron chi connectivity index (χ3n) is 12.2. The van der Waals surface area contributed by atoms with Crippen molar-refractivity contribution in [1.82, 2.24) is 0 Å². The Balaban J connectivity index is 1.11. The lowest BCUT2D eigenvalue weighted by Gasteiger charge is -2.28. The summed E-state index contributed by atoms with van der Waals surface area (Å²) in [4.78, 5) is 2.42. The van der Waals surface area contributed by atoms with Crippen LogP contribution in [0.4, 0.5) is 17.1 Å². The molecule has 264 valence electrons. The molecule has 11 aromatic rings. The van der Waals surface area contributed by atoms with Crippen molar-refractivity contribution in [2.45, 2.75) is 19.3 Å². The van der Waals surface area contributed by atoms with Crippen LogP contribution in [0.3, 0.4) is 0 Å². The summed E-state index contributed by atoms with van der Waals surface area (Å²) >= 11 is 1.87. The highest BCUT2D eigenvalue weighted by Gasteiger charge is 2.36. The second-order valence-electron chi connectivity index (χ2n) is 15.7. The Labute approximate surface area is 328 Å². The highest BCUT2D eigenvalue weighted by atomic mass is 32.1. The van der Waals surface area contributed by atoms with Gasteiger partial charge in [0.1, 0.15) is 11.2 Å². The van der Waals surface area contributed by atoms with Gasteiger partial charge in [-0.25, -0.2) is 0 Å². The van der Waals surface area contributed by atoms with Crippen LogP contribution in [0, 0.1) is 0 Å². The summed E-state index contributed by atoms with van der Waals surface area (Å²) < 4.78 is 9.57. The number of anilines is 3. The molecule has 12 rings (SSSR count). The SMILES string of the molecule is CC1(C)c2ccccc2-c2ccc(N(c3ccc4ccccc4c3)c3ccc4oc5c(-c6cccc7c6sc6ccccc67)c6ccccc6cc5c4c3)cc21. The molecule has 0 spiro atoms. The van der Waals surface area contributed by atoms with Crippen LogP contribution >= 0.6 is 11.3 Å². The Hall–Kier alpha value is -6.68. The lowest BCUT2D eigenvalue weighted by Crippen LogP contribution is -2.16. The molecule has 9 aromatic carbocycles. The zero-order chi connectivity index (χ0) is 37.1. The molecular weight excluding hydrogens is 699 g/mol. The van der Waals surface area contributed by atoms with E-state index in [4.69, 9.17) is 4.42 Å². The monoisotopic (exact) mass is 733 g/mol. The number of hydrogen-bond acceptors (Lipinski definition) is 3. The van der Waals surface area contributed by atoms with Crippen LogP contribution in [0.25, 0.3) is 85.9 Å². The molecule has 0 radical (unpaired) electrons. The first-order valence-corrected chi connectivity index (χ1v) is 20.1. The van der Waals surface area contributed by atoms with E-state index in [-0.39, 0.29) is 5.41 Å². The fourth-order valence-electron chi connectivity index (χ4n) is 9.51. The maximum atomic E-state index is 6.98. The lowest BCUT2D eigenvalue weighted by atomic mass is 9.82. The molecule has 0 bridgehead atoms. The van der Waals surface area contributed by atoms with Crippen molar-refractivity contribution in [3.05, 3.63) is 187 Å². The van der Waals surface area contributed by atoms with Gasteiger partial charge in [-0.2, -0.15) is 0 Å². The highest BCUT2D eigenvalue weighted by molar-refractivity contribution is 7.26. The quantitative estimate of drug-likeness (QED) is 0.179. The third kappa shape index (κ3) is 4.49. The Kier molecular flexibility index (Phi) is 6.59. The van der Waals surface area contributed by atoms with Crippen LogP contribution in [-0.2, 0) is 5.41 Å². The van der Waals surface area contributed by atoms with Crippen molar-refractivity contribution in [1.29, 1.82) is 0 Å². The molecule has 2 heterocycles. The molecule has 0 atom stereocenters. The van der Waals surface area contributed by atoms with Gasteiger partial charge in [-0.15, -0.1) is 11.3 Å². The Morgan fingerprint density at radius 3 is 2.02 bits per heavy atom. The van der Waals surface area contributed by atoms with Gasteiger partial charge in [0.2, 0.25) is 0 Å². The first kappa shape index (κ1) is 31.6. The number of benzene rings is 9. The average molecular weight is 734 g/mol. The Bertz CT molecular complexity index is 3420. The van der Waals surface area contributed by atoms with Crippen LogP contribution < -0.4 is 4.90 Å². The van der Waals surface area contributed by atoms with E-state index in [9.17, 15) is 0 Å². The van der Waals surface area contributed by atoms with E-state index in [0.717, 1.165) is 44.6 Å². The van der Waals surface area contributed by atoms with Gasteiger partial charge in [0, 0.05) is 64.5 Å². The van der Waals surface area contributed by atoms with Gasteiger partial charge in [0.15, 0.2) is 0 Å². The summed E-state index contributed by atoms with van der Waals surface area (Å²) in [6.07, 6.45) is 0. The molecule has 1 aliphatic rings. The fraction of sp³-hybridized carbons (Fsp3) is 0.0566. The minimum absolute atomic E-state index is 0.115. The van der Waals surface area contributed by atoms with Crippen LogP contribution in [0.15, 0.2) is 180 Å². The second kappa shape index (κ2) is 11.7. The van der Waals surface area contributed by atoms with Crippen molar-refractivity contribution >= 4 is 92.1 Å². The first-order chi connectivity index (χ1) is 27.5. The first-order valence-electron chi connectivity index (χ1n) is 19.3. The van der Waals surface area contributed by atoms with Crippen LogP contribution in [0.2, 0.25) is 0 Å². The summed E-state index contributed by atoms with van der Waals surface area (Å²) in [7, 11) is 0. The van der Waals surface area contributed by atoms with E-state index in [0.29, 0.717) is 0 Å². The number of thiophene rings is 1. The van der Waals surface area contributed by atoms with E-state index in [1.807, 2.05) is 11.3 Å². The normalized spacial score (nSPS) is 13.3. The third-order valence-corrected chi connectivity index (χ3v) is 13.4. The molecule has 3 heteroatoms. The van der Waals surface area contributed by atoms with Crippen molar-refractivity contribution in [3.8, 4) is 22.3 Å². The maximum Gasteiger partial charge on any atom is 0.143 e. The van der Waals surface area contributed by atoms with Crippen LogP contribution in [0.1, 0.15) is 25.0 Å². The second-order valence-corrected chi connectivity index (χ2v) is 16.7. The predicted octanol–water partition coefficient (Wildman–Crippen LogP) is 15.7. The molecule has 2 aromatic heterocycles. The van der Waals surface area contributed by atoms with Crippen molar-refractivity contribution in [2.75, 3.05) is 4.90 Å². The Morgan fingerprint density at radius 1 is 0.446 bits per heavy atom. The van der Waals surface area contributed by atoms with E-state index in [1.165, 1.54) is 69.5 Å². The van der Waals surface area contributed by atoms with Crippen LogP contribution in [0.5, 0.6) is 0 Å². The molecule has 0 unspecified atom stereocenters. The zero-order valence-corrected chi connectivity index (χ0v) is 31.8. The summed E-state index contributed by atoms with van der Waals surface area (Å²) in [6, 6.07) is 64.6. The number of nitrogens with zero attached hydrogens (tertiary/aromatic N) is 1. The van der Waals surface area contributed by atoms with Gasteiger partial charge < -0.3 is 9.32 Å². The van der Waals surface area contributed by atoms with Gasteiger partial charge in [0.05, 0.1) is 0 Å². The molecule has 2 nitrogen and oxygen atoms in total. The van der Waals surface area contributed by atoms with Crippen molar-refractivity contribution in [2.24, 2.45) is 0 Å². The lowest BCUT2D eigenvalue weighted by molar-refractivity contribution is 0.660. The predicted molar refractivity (Wildman–Crippen MR) is 239 cm³/mol. The van der Waals surface area contributed by atoms with Gasteiger partial charge in [-0.1, -0.05) is 135 Å². The molecule has 0 saturated carbocycles. The van der Waals surface area contributed by atoms with E-state index >= 15 is 0 Å². The van der Waals surface area contributed by atoms with E-state index in [1.54, 1.807) is 0 Å². The van der Waals surface area contributed by atoms with Gasteiger partial charge >= 0.3 is 0 Å². The summed E-state index contributed by atoms with van der Waals surface area (Å²) in [5.74, 6) is 0. The fourth-order valence-corrected chi connectivity index (χ4v) is 10.7. The van der Waals surface area contributed by atoms with Gasteiger partial charge in [-0.3, -0.25) is 0 Å². The van der Waals surface area contributed by atoms with Gasteiger partial charge in [0.25, 0.3) is 0 Å².